The van der Waals surface area contributed by atoms with Crippen LogP contribution in [0.15, 0.2) is 0 Å². The van der Waals surface area contributed by atoms with Crippen LogP contribution in [0.2, 0.25) is 0 Å². The second-order valence-electron chi connectivity index (χ2n) is 3.31. The minimum Gasteiger partial charge on any atom is -0.512 e. The zero-order chi connectivity index (χ0) is 18.0. The van der Waals surface area contributed by atoms with Gasteiger partial charge in [0.15, 0.2) is 0 Å². The fraction of sp³-hybridized carbons (Fsp3) is 0.615. The molecule has 0 spiro atoms. The number of hydrogen-bond acceptors (Lipinski definition) is 7. The number of nitrogens with zero attached hydrogens (tertiary/aromatic N) is 7. The summed E-state index contributed by atoms with van der Waals surface area (Å²) in [6.07, 6.45) is 2.62. The van der Waals surface area contributed by atoms with Crippen LogP contribution in [0.3, 0.4) is 0 Å². The largest absolute Gasteiger partial charge is 5.00 e. The van der Waals surface area contributed by atoms with Crippen LogP contribution in [0.25, 0.3) is 0 Å². The fourth-order valence-corrected chi connectivity index (χ4v) is 0.856. The Labute approximate surface area is 140 Å². The number of hydrogen-bond donors (Lipinski definition) is 0. The van der Waals surface area contributed by atoms with Crippen molar-refractivity contribution in [3.63, 3.8) is 0 Å². The van der Waals surface area contributed by atoms with E-state index < -0.39 is 0 Å². The fourth-order valence-electron chi connectivity index (χ4n) is 0.856. The van der Waals surface area contributed by atoms with E-state index in [1.165, 1.54) is 25.9 Å². The third kappa shape index (κ3) is 189. The van der Waals surface area contributed by atoms with Crippen molar-refractivity contribution in [2.24, 2.45) is 0 Å². The SMILES string of the molecule is CN(C)CCCCN(C)C.[C-]#N.[C-]#N.[C-]#N.[C-]#N.[C-]#N.[Fe+5]. The molecule has 21 heavy (non-hydrogen) atoms. The van der Waals surface area contributed by atoms with Gasteiger partial charge in [0.25, 0.3) is 0 Å². The Morgan fingerprint density at radius 2 is 0.667 bits per heavy atom. The summed E-state index contributed by atoms with van der Waals surface area (Å²) in [4.78, 5) is 4.46. The molecule has 0 aliphatic carbocycles. The topological polar surface area (TPSA) is 125 Å². The van der Waals surface area contributed by atoms with Crippen LogP contribution in [0, 0.1) is 59.2 Å². The van der Waals surface area contributed by atoms with Gasteiger partial charge in [0.2, 0.25) is 0 Å². The summed E-state index contributed by atoms with van der Waals surface area (Å²) in [5.41, 5.74) is 0. The second kappa shape index (κ2) is 82.0. The molecule has 0 bridgehead atoms. The smallest absolute Gasteiger partial charge is 0.512 e. The van der Waals surface area contributed by atoms with Gasteiger partial charge in [0.05, 0.1) is 0 Å². The van der Waals surface area contributed by atoms with Crippen molar-refractivity contribution >= 4 is 0 Å². The third-order valence-electron chi connectivity index (χ3n) is 1.46. The van der Waals surface area contributed by atoms with Gasteiger partial charge in [-0.3, -0.25) is 0 Å². The first kappa shape index (κ1) is 42.8. The van der Waals surface area contributed by atoms with E-state index in [1.54, 1.807) is 0 Å². The molecule has 0 unspecified atom stereocenters. The summed E-state index contributed by atoms with van der Waals surface area (Å²) in [5, 5.41) is 31.2. The molecular formula is C13H20FeN7. The molecule has 0 fully saturated rings. The molecule has 8 heteroatoms. The van der Waals surface area contributed by atoms with Crippen LogP contribution in [-0.4, -0.2) is 51.1 Å². The summed E-state index contributed by atoms with van der Waals surface area (Å²) < 4.78 is 0. The van der Waals surface area contributed by atoms with E-state index in [4.69, 9.17) is 59.2 Å². The predicted molar refractivity (Wildman–Crippen MR) is 71.2 cm³/mol. The Morgan fingerprint density at radius 3 is 0.762 bits per heavy atom. The number of unbranched alkanes of at least 4 members (excludes halogenated alkanes) is 1. The zero-order valence-electron chi connectivity index (χ0n) is 12.8. The summed E-state index contributed by atoms with van der Waals surface area (Å²) >= 11 is 0. The molecule has 0 rings (SSSR count). The van der Waals surface area contributed by atoms with Gasteiger partial charge >= 0.3 is 17.1 Å². The van der Waals surface area contributed by atoms with E-state index in [0.717, 1.165) is 0 Å². The molecule has 0 saturated heterocycles. The van der Waals surface area contributed by atoms with Gasteiger partial charge in [0, 0.05) is 0 Å². The summed E-state index contributed by atoms with van der Waals surface area (Å²) in [7, 11) is 8.48. The minimum atomic E-state index is 0. The molecule has 0 heterocycles. The quantitative estimate of drug-likeness (QED) is 0.423. The van der Waals surface area contributed by atoms with Crippen molar-refractivity contribution in [1.82, 2.24) is 9.80 Å². The van der Waals surface area contributed by atoms with Crippen molar-refractivity contribution in [2.75, 3.05) is 41.3 Å². The molecule has 0 aliphatic rings. The van der Waals surface area contributed by atoms with E-state index in [2.05, 4.69) is 38.0 Å². The number of rotatable bonds is 5. The molecule has 0 amide bonds. The second-order valence-corrected chi connectivity index (χ2v) is 3.31. The van der Waals surface area contributed by atoms with E-state index in [0.29, 0.717) is 0 Å². The first-order valence-corrected chi connectivity index (χ1v) is 5.04. The van der Waals surface area contributed by atoms with Gasteiger partial charge in [0.1, 0.15) is 0 Å². The average molecular weight is 330 g/mol. The Kier molecular flexibility index (Phi) is 167. The maximum Gasteiger partial charge on any atom is 5.00 e. The van der Waals surface area contributed by atoms with Crippen LogP contribution in [-0.2, 0) is 17.1 Å². The van der Waals surface area contributed by atoms with Crippen LogP contribution < -0.4 is 0 Å². The van der Waals surface area contributed by atoms with Gasteiger partial charge in [-0.1, -0.05) is 0 Å². The van der Waals surface area contributed by atoms with Crippen molar-refractivity contribution in [2.45, 2.75) is 12.8 Å². The van der Waals surface area contributed by atoms with Crippen LogP contribution in [0.1, 0.15) is 12.8 Å². The Balaban J connectivity index is -0.0000000303. The third-order valence-corrected chi connectivity index (χ3v) is 1.46. The standard InChI is InChI=1S/C8H20N2.5CN.Fe/c1-9(2)7-5-6-8-10(3)4;5*1-2;/h5-8H2,1-4H3;;;;;;/q;5*-1;+5. The van der Waals surface area contributed by atoms with Gasteiger partial charge < -0.3 is 69.0 Å². The van der Waals surface area contributed by atoms with Gasteiger partial charge in [-0.05, 0) is 54.1 Å². The molecular weight excluding hydrogens is 310 g/mol. The molecule has 0 saturated carbocycles. The minimum absolute atomic E-state index is 0. The Bertz CT molecular complexity index is 184. The summed E-state index contributed by atoms with van der Waals surface area (Å²) in [5.74, 6) is 0. The average Bonchev–Trinajstić information content (AvgIpc) is 2.53. The first-order chi connectivity index (χ1) is 9.63. The van der Waals surface area contributed by atoms with Crippen LogP contribution in [0.4, 0.5) is 0 Å². The molecule has 0 N–H and O–H groups in total. The van der Waals surface area contributed by atoms with Gasteiger partial charge in [-0.15, -0.1) is 0 Å². The van der Waals surface area contributed by atoms with E-state index in [-0.39, 0.29) is 17.1 Å². The van der Waals surface area contributed by atoms with Gasteiger partial charge in [-0.25, -0.2) is 0 Å². The maximum absolute atomic E-state index is 6.25. The molecule has 7 nitrogen and oxygen atoms in total. The predicted octanol–water partition coefficient (Wildman–Crippen LogP) is 1.37. The van der Waals surface area contributed by atoms with E-state index in [1.807, 2.05) is 0 Å². The van der Waals surface area contributed by atoms with Crippen molar-refractivity contribution in [1.29, 1.82) is 26.3 Å². The van der Waals surface area contributed by atoms with E-state index in [9.17, 15) is 0 Å². The summed E-state index contributed by atoms with van der Waals surface area (Å²) in [6.45, 7) is 26.2. The first-order valence-electron chi connectivity index (χ1n) is 5.04. The van der Waals surface area contributed by atoms with E-state index >= 15 is 0 Å². The van der Waals surface area contributed by atoms with Crippen LogP contribution in [0.5, 0.6) is 0 Å². The summed E-state index contributed by atoms with van der Waals surface area (Å²) in [6, 6.07) is 0. The molecule has 0 aliphatic heterocycles. The maximum atomic E-state index is 6.25. The molecule has 1 radical (unpaired) electrons. The molecule has 115 valence electrons. The van der Waals surface area contributed by atoms with Gasteiger partial charge in [-0.2, -0.15) is 0 Å². The Hall–Kier alpha value is -2.11. The monoisotopic (exact) mass is 330 g/mol. The zero-order valence-corrected chi connectivity index (χ0v) is 13.9. The Morgan fingerprint density at radius 1 is 0.524 bits per heavy atom. The molecule has 0 aromatic carbocycles. The van der Waals surface area contributed by atoms with Crippen molar-refractivity contribution < 1.29 is 17.1 Å². The van der Waals surface area contributed by atoms with Crippen LogP contribution >= 0.6 is 0 Å². The van der Waals surface area contributed by atoms with Crippen molar-refractivity contribution in [3.05, 3.63) is 32.9 Å². The van der Waals surface area contributed by atoms with Crippen molar-refractivity contribution in [3.8, 4) is 0 Å². The molecule has 0 atom stereocenters. The molecule has 0 aromatic rings. The molecule has 0 aromatic heterocycles. The normalized spacial score (nSPS) is 5.90.